The molecule has 0 radical (unpaired) electrons. The number of carbonyl (C=O) groups excluding carboxylic acids is 1. The van der Waals surface area contributed by atoms with E-state index in [-0.39, 0.29) is 6.03 Å². The molecule has 1 aromatic rings. The van der Waals surface area contributed by atoms with E-state index in [2.05, 4.69) is 17.6 Å². The molecule has 0 aliphatic heterocycles. The molecule has 3 nitrogen and oxygen atoms in total. The molecule has 2 amide bonds. The molecule has 0 aromatic heterocycles. The van der Waals surface area contributed by atoms with Gasteiger partial charge in [-0.05, 0) is 31.0 Å². The number of hydrogen-bond donors (Lipinski definition) is 2. The van der Waals surface area contributed by atoms with Crippen LogP contribution in [0.3, 0.4) is 0 Å². The maximum Gasteiger partial charge on any atom is 0.323 e. The molecular formula is C12H16N2O. The maximum atomic E-state index is 11.3. The Hall–Kier alpha value is -1.77. The average Bonchev–Trinajstić information content (AvgIpc) is 2.27. The molecule has 3 heteroatoms. The van der Waals surface area contributed by atoms with Gasteiger partial charge < -0.3 is 10.6 Å². The molecule has 0 atom stereocenters. The van der Waals surface area contributed by atoms with E-state index in [1.807, 2.05) is 31.2 Å². The summed E-state index contributed by atoms with van der Waals surface area (Å²) in [6.07, 6.45) is 4.36. The molecule has 0 bridgehead atoms. The number of allylic oxidation sites excluding steroid dienone is 1. The number of amides is 2. The fraction of sp³-hybridized carbons (Fsp3) is 0.250. The van der Waals surface area contributed by atoms with Gasteiger partial charge in [0.25, 0.3) is 0 Å². The monoisotopic (exact) mass is 204 g/mol. The number of anilines is 1. The van der Waals surface area contributed by atoms with E-state index in [9.17, 15) is 4.79 Å². The Morgan fingerprint density at radius 1 is 1.33 bits per heavy atom. The standard InChI is InChI=1S/C12H16N2O/c1-3-9-13-12(15)14-11-7-5-10(4-2)6-8-11/h3,5-9H,4H2,1-2H3,(H2,13,14,15)/b9-3+. The average molecular weight is 204 g/mol. The van der Waals surface area contributed by atoms with Crippen molar-refractivity contribution < 1.29 is 4.79 Å². The highest BCUT2D eigenvalue weighted by Crippen LogP contribution is 2.09. The van der Waals surface area contributed by atoms with Crippen LogP contribution in [0.5, 0.6) is 0 Å². The Balaban J connectivity index is 2.53. The molecule has 0 fully saturated rings. The van der Waals surface area contributed by atoms with Gasteiger partial charge in [0.2, 0.25) is 0 Å². The first-order valence-electron chi connectivity index (χ1n) is 5.04. The number of rotatable bonds is 3. The summed E-state index contributed by atoms with van der Waals surface area (Å²) in [6, 6.07) is 7.58. The van der Waals surface area contributed by atoms with Crippen molar-refractivity contribution in [2.75, 3.05) is 5.32 Å². The molecule has 1 rings (SSSR count). The van der Waals surface area contributed by atoms with E-state index < -0.39 is 0 Å². The van der Waals surface area contributed by atoms with Gasteiger partial charge in [-0.2, -0.15) is 0 Å². The van der Waals surface area contributed by atoms with Crippen LogP contribution in [0.2, 0.25) is 0 Å². The number of hydrogen-bond acceptors (Lipinski definition) is 1. The summed E-state index contributed by atoms with van der Waals surface area (Å²) in [6.45, 7) is 3.94. The zero-order chi connectivity index (χ0) is 11.1. The first-order valence-corrected chi connectivity index (χ1v) is 5.04. The quantitative estimate of drug-likeness (QED) is 0.781. The van der Waals surface area contributed by atoms with E-state index in [0.29, 0.717) is 0 Å². The Labute approximate surface area is 90.2 Å². The van der Waals surface area contributed by atoms with Gasteiger partial charge >= 0.3 is 6.03 Å². The van der Waals surface area contributed by atoms with Crippen molar-refractivity contribution in [1.82, 2.24) is 5.32 Å². The Morgan fingerprint density at radius 3 is 2.53 bits per heavy atom. The highest BCUT2D eigenvalue weighted by Gasteiger charge is 1.98. The van der Waals surface area contributed by atoms with Gasteiger partial charge in [0.15, 0.2) is 0 Å². The maximum absolute atomic E-state index is 11.3. The zero-order valence-electron chi connectivity index (χ0n) is 9.08. The molecule has 0 unspecified atom stereocenters. The minimum absolute atomic E-state index is 0.225. The van der Waals surface area contributed by atoms with E-state index in [4.69, 9.17) is 0 Å². The van der Waals surface area contributed by atoms with Crippen molar-refractivity contribution >= 4 is 11.7 Å². The third-order valence-corrected chi connectivity index (χ3v) is 2.00. The Bertz CT molecular complexity index is 341. The molecule has 0 spiro atoms. The minimum Gasteiger partial charge on any atom is -0.315 e. The van der Waals surface area contributed by atoms with Gasteiger partial charge in [-0.1, -0.05) is 25.1 Å². The molecule has 0 saturated carbocycles. The normalized spacial score (nSPS) is 10.3. The second kappa shape index (κ2) is 5.86. The summed E-state index contributed by atoms with van der Waals surface area (Å²) in [5.74, 6) is 0. The van der Waals surface area contributed by atoms with Crippen LogP contribution in [-0.4, -0.2) is 6.03 Å². The lowest BCUT2D eigenvalue weighted by Crippen LogP contribution is -2.23. The fourth-order valence-electron chi connectivity index (χ4n) is 1.15. The molecule has 1 aromatic carbocycles. The minimum atomic E-state index is -0.225. The second-order valence-corrected chi connectivity index (χ2v) is 3.15. The lowest BCUT2D eigenvalue weighted by Gasteiger charge is -2.04. The van der Waals surface area contributed by atoms with E-state index in [1.165, 1.54) is 5.56 Å². The first kappa shape index (κ1) is 11.3. The summed E-state index contributed by atoms with van der Waals surface area (Å²) in [5, 5.41) is 5.31. The predicted molar refractivity (Wildman–Crippen MR) is 62.8 cm³/mol. The van der Waals surface area contributed by atoms with Gasteiger partial charge in [-0.15, -0.1) is 0 Å². The van der Waals surface area contributed by atoms with Crippen LogP contribution < -0.4 is 10.6 Å². The molecule has 0 saturated heterocycles. The molecule has 0 aliphatic rings. The van der Waals surface area contributed by atoms with Gasteiger partial charge in [0.05, 0.1) is 0 Å². The van der Waals surface area contributed by atoms with Crippen molar-refractivity contribution in [1.29, 1.82) is 0 Å². The van der Waals surface area contributed by atoms with Crippen molar-refractivity contribution in [2.45, 2.75) is 20.3 Å². The third kappa shape index (κ3) is 3.85. The summed E-state index contributed by atoms with van der Waals surface area (Å²) >= 11 is 0. The van der Waals surface area contributed by atoms with Crippen molar-refractivity contribution in [3.63, 3.8) is 0 Å². The van der Waals surface area contributed by atoms with Gasteiger partial charge in [0.1, 0.15) is 0 Å². The number of benzene rings is 1. The molecule has 2 N–H and O–H groups in total. The molecule has 0 aliphatic carbocycles. The van der Waals surface area contributed by atoms with Gasteiger partial charge in [0, 0.05) is 11.9 Å². The first-order chi connectivity index (χ1) is 7.26. The number of urea groups is 1. The number of aryl methyl sites for hydroxylation is 1. The SMILES string of the molecule is C/C=C/NC(=O)Nc1ccc(CC)cc1. The van der Waals surface area contributed by atoms with Crippen molar-refractivity contribution in [3.8, 4) is 0 Å². The summed E-state index contributed by atoms with van der Waals surface area (Å²) in [4.78, 5) is 11.3. The number of nitrogens with one attached hydrogen (secondary N) is 2. The van der Waals surface area contributed by atoms with Crippen LogP contribution in [0.15, 0.2) is 36.5 Å². The summed E-state index contributed by atoms with van der Waals surface area (Å²) in [5.41, 5.74) is 2.06. The van der Waals surface area contributed by atoms with Crippen LogP contribution in [0, 0.1) is 0 Å². The highest BCUT2D eigenvalue weighted by molar-refractivity contribution is 5.89. The third-order valence-electron chi connectivity index (χ3n) is 2.00. The van der Waals surface area contributed by atoms with E-state index >= 15 is 0 Å². The van der Waals surface area contributed by atoms with Crippen LogP contribution in [-0.2, 0) is 6.42 Å². The lowest BCUT2D eigenvalue weighted by molar-refractivity contribution is 0.255. The Kier molecular flexibility index (Phi) is 4.41. The van der Waals surface area contributed by atoms with Crippen molar-refractivity contribution in [3.05, 3.63) is 42.1 Å². The van der Waals surface area contributed by atoms with Crippen LogP contribution in [0.1, 0.15) is 19.4 Å². The van der Waals surface area contributed by atoms with E-state index in [1.54, 1.807) is 12.3 Å². The molecule has 15 heavy (non-hydrogen) atoms. The van der Waals surface area contributed by atoms with Crippen LogP contribution in [0.25, 0.3) is 0 Å². The van der Waals surface area contributed by atoms with Gasteiger partial charge in [-0.3, -0.25) is 0 Å². The number of carbonyl (C=O) groups is 1. The predicted octanol–water partition coefficient (Wildman–Crippen LogP) is 2.90. The Morgan fingerprint density at radius 2 is 2.00 bits per heavy atom. The molecular weight excluding hydrogens is 188 g/mol. The topological polar surface area (TPSA) is 41.1 Å². The largest absolute Gasteiger partial charge is 0.323 e. The lowest BCUT2D eigenvalue weighted by atomic mass is 10.1. The van der Waals surface area contributed by atoms with Crippen molar-refractivity contribution in [2.24, 2.45) is 0 Å². The smallest absolute Gasteiger partial charge is 0.315 e. The highest BCUT2D eigenvalue weighted by atomic mass is 16.2. The van der Waals surface area contributed by atoms with Gasteiger partial charge in [-0.25, -0.2) is 4.79 Å². The molecule has 80 valence electrons. The molecule has 0 heterocycles. The zero-order valence-corrected chi connectivity index (χ0v) is 9.08. The van der Waals surface area contributed by atoms with Crippen LogP contribution in [0.4, 0.5) is 10.5 Å². The van der Waals surface area contributed by atoms with Crippen LogP contribution >= 0.6 is 0 Å². The fourth-order valence-corrected chi connectivity index (χ4v) is 1.15. The van der Waals surface area contributed by atoms with E-state index in [0.717, 1.165) is 12.1 Å². The second-order valence-electron chi connectivity index (χ2n) is 3.15. The summed E-state index contributed by atoms with van der Waals surface area (Å²) in [7, 11) is 0. The summed E-state index contributed by atoms with van der Waals surface area (Å²) < 4.78 is 0.